The van der Waals surface area contributed by atoms with E-state index >= 15 is 0 Å². The van der Waals surface area contributed by atoms with Gasteiger partial charge in [-0.3, -0.25) is 9.69 Å². The molecule has 1 heterocycles. The van der Waals surface area contributed by atoms with E-state index in [1.54, 1.807) is 0 Å². The number of likely N-dealkylation sites (tertiary alicyclic amines) is 1. The third kappa shape index (κ3) is 3.73. The largest absolute Gasteiger partial charge is 0.294 e. The van der Waals surface area contributed by atoms with Crippen molar-refractivity contribution in [2.24, 2.45) is 0 Å². The maximum Gasteiger partial charge on any atom is 0.161 e. The van der Waals surface area contributed by atoms with Gasteiger partial charge in [-0.25, -0.2) is 0 Å². The third-order valence-electron chi connectivity index (χ3n) is 3.89. The molecular weight excluding hydrogens is 338 g/mol. The summed E-state index contributed by atoms with van der Waals surface area (Å²) in [4.78, 5) is 14.5. The minimum Gasteiger partial charge on any atom is -0.294 e. The number of hydrogen-bond donors (Lipinski definition) is 0. The average molecular weight is 356 g/mol. The number of nitrogens with zero attached hydrogens (tertiary/aromatic N) is 1. The van der Waals surface area contributed by atoms with Gasteiger partial charge in [-0.1, -0.05) is 64.5 Å². The van der Waals surface area contributed by atoms with Crippen molar-refractivity contribution in [1.82, 2.24) is 4.90 Å². The van der Waals surface area contributed by atoms with Crippen molar-refractivity contribution >= 4 is 27.8 Å². The first kappa shape index (κ1) is 15.2. The Hall–Kier alpha value is -1.71. The summed E-state index contributed by atoms with van der Waals surface area (Å²) >= 11 is 3.54. The lowest BCUT2D eigenvalue weighted by Gasteiger charge is -2.28. The summed E-state index contributed by atoms with van der Waals surface area (Å²) in [5.74, 6) is 0.264. The third-order valence-corrected chi connectivity index (χ3v) is 4.61. The first-order valence-electron chi connectivity index (χ1n) is 7.47. The quantitative estimate of drug-likeness (QED) is 0.764. The van der Waals surface area contributed by atoms with Gasteiger partial charge in [-0.2, -0.15) is 0 Å². The Morgan fingerprint density at radius 2 is 1.77 bits per heavy atom. The second kappa shape index (κ2) is 7.03. The van der Waals surface area contributed by atoms with E-state index in [1.165, 1.54) is 5.56 Å². The fourth-order valence-corrected chi connectivity index (χ4v) is 3.11. The summed E-state index contributed by atoms with van der Waals surface area (Å²) in [5, 5.41) is 0. The molecule has 3 rings (SSSR count). The minimum atomic E-state index is 0.264. The zero-order chi connectivity index (χ0) is 15.4. The summed E-state index contributed by atoms with van der Waals surface area (Å²) in [6, 6.07) is 18.4. The van der Waals surface area contributed by atoms with E-state index < -0.39 is 0 Å². The van der Waals surface area contributed by atoms with Crippen molar-refractivity contribution in [2.45, 2.75) is 13.0 Å². The Kier molecular flexibility index (Phi) is 4.86. The van der Waals surface area contributed by atoms with Gasteiger partial charge in [-0.05, 0) is 23.3 Å². The van der Waals surface area contributed by atoms with Crippen LogP contribution in [0.3, 0.4) is 0 Å². The van der Waals surface area contributed by atoms with Crippen molar-refractivity contribution in [3.8, 4) is 0 Å². The maximum atomic E-state index is 12.2. The molecule has 0 spiro atoms. The zero-order valence-corrected chi connectivity index (χ0v) is 13.9. The number of piperidine rings is 1. The molecule has 0 atom stereocenters. The van der Waals surface area contributed by atoms with Gasteiger partial charge in [0.25, 0.3) is 0 Å². The van der Waals surface area contributed by atoms with Crippen molar-refractivity contribution < 1.29 is 4.79 Å². The number of carbonyl (C=O) groups excluding carboxylic acids is 1. The molecule has 0 N–H and O–H groups in total. The number of hydrogen-bond acceptors (Lipinski definition) is 2. The van der Waals surface area contributed by atoms with Crippen LogP contribution in [0, 0.1) is 0 Å². The van der Waals surface area contributed by atoms with Crippen LogP contribution in [-0.4, -0.2) is 23.8 Å². The summed E-state index contributed by atoms with van der Waals surface area (Å²) in [6.07, 6.45) is 2.62. The Bertz CT molecular complexity index is 694. The van der Waals surface area contributed by atoms with Crippen LogP contribution >= 0.6 is 15.9 Å². The fourth-order valence-electron chi connectivity index (χ4n) is 2.71. The van der Waals surface area contributed by atoms with Crippen LogP contribution in [0.4, 0.5) is 0 Å². The van der Waals surface area contributed by atoms with E-state index in [-0.39, 0.29) is 5.78 Å². The Morgan fingerprint density at radius 1 is 1.05 bits per heavy atom. The minimum absolute atomic E-state index is 0.264. The lowest BCUT2D eigenvalue weighted by atomic mass is 10.00. The first-order chi connectivity index (χ1) is 10.7. The predicted octanol–water partition coefficient (Wildman–Crippen LogP) is 4.31. The Labute approximate surface area is 139 Å². The summed E-state index contributed by atoms with van der Waals surface area (Å²) < 4.78 is 1.02. The van der Waals surface area contributed by atoms with Crippen LogP contribution in [-0.2, 0) is 11.3 Å². The summed E-state index contributed by atoms with van der Waals surface area (Å²) in [5.41, 5.74) is 3.25. The lowest BCUT2D eigenvalue weighted by molar-refractivity contribution is -0.117. The van der Waals surface area contributed by atoms with Gasteiger partial charge in [0.1, 0.15) is 0 Å². The van der Waals surface area contributed by atoms with E-state index in [4.69, 9.17) is 0 Å². The van der Waals surface area contributed by atoms with E-state index in [1.807, 2.05) is 36.4 Å². The van der Waals surface area contributed by atoms with Crippen molar-refractivity contribution in [2.75, 3.05) is 13.1 Å². The zero-order valence-electron chi connectivity index (χ0n) is 12.3. The SMILES string of the molecule is O=C1CCN(Cc2ccccc2)C/C1=C\c1ccccc1Br. The van der Waals surface area contributed by atoms with Crippen molar-refractivity contribution in [3.05, 3.63) is 75.8 Å². The molecule has 0 radical (unpaired) electrons. The monoisotopic (exact) mass is 355 g/mol. The Balaban J connectivity index is 1.77. The van der Waals surface area contributed by atoms with Gasteiger partial charge >= 0.3 is 0 Å². The molecule has 2 nitrogen and oxygen atoms in total. The van der Waals surface area contributed by atoms with E-state index in [9.17, 15) is 4.79 Å². The standard InChI is InChI=1S/C19H18BrNO/c20-18-9-5-4-8-16(18)12-17-14-21(11-10-19(17)22)13-15-6-2-1-3-7-15/h1-9,12H,10-11,13-14H2/b17-12+. The van der Waals surface area contributed by atoms with Crippen LogP contribution in [0.5, 0.6) is 0 Å². The summed E-state index contributed by atoms with van der Waals surface area (Å²) in [6.45, 7) is 2.44. The van der Waals surface area contributed by atoms with Crippen LogP contribution in [0.2, 0.25) is 0 Å². The van der Waals surface area contributed by atoms with Gasteiger partial charge in [0, 0.05) is 36.1 Å². The molecule has 1 saturated heterocycles. The molecule has 3 heteroatoms. The van der Waals surface area contributed by atoms with Crippen LogP contribution < -0.4 is 0 Å². The lowest BCUT2D eigenvalue weighted by Crippen LogP contribution is -2.35. The number of rotatable bonds is 3. The second-order valence-electron chi connectivity index (χ2n) is 5.56. The van der Waals surface area contributed by atoms with Crippen LogP contribution in [0.15, 0.2) is 64.6 Å². The Morgan fingerprint density at radius 3 is 2.55 bits per heavy atom. The van der Waals surface area contributed by atoms with E-state index in [0.29, 0.717) is 6.42 Å². The molecule has 1 aliphatic heterocycles. The number of carbonyl (C=O) groups is 1. The van der Waals surface area contributed by atoms with Gasteiger partial charge in [-0.15, -0.1) is 0 Å². The maximum absolute atomic E-state index is 12.2. The molecule has 22 heavy (non-hydrogen) atoms. The fraction of sp³-hybridized carbons (Fsp3) is 0.211. The molecule has 0 amide bonds. The molecule has 0 saturated carbocycles. The molecule has 1 fully saturated rings. The second-order valence-corrected chi connectivity index (χ2v) is 6.41. The summed E-state index contributed by atoms with van der Waals surface area (Å²) in [7, 11) is 0. The van der Waals surface area contributed by atoms with Crippen LogP contribution in [0.1, 0.15) is 17.5 Å². The van der Waals surface area contributed by atoms with Gasteiger partial charge in [0.15, 0.2) is 5.78 Å². The van der Waals surface area contributed by atoms with Gasteiger partial charge in [0.2, 0.25) is 0 Å². The molecule has 0 unspecified atom stereocenters. The van der Waals surface area contributed by atoms with Gasteiger partial charge in [0.05, 0.1) is 0 Å². The number of Topliss-reactive ketones (excluding diaryl/α,β-unsaturated/α-hetero) is 1. The highest BCUT2D eigenvalue weighted by atomic mass is 79.9. The van der Waals surface area contributed by atoms with Gasteiger partial charge < -0.3 is 0 Å². The van der Waals surface area contributed by atoms with Crippen LogP contribution in [0.25, 0.3) is 6.08 Å². The first-order valence-corrected chi connectivity index (χ1v) is 8.26. The van der Waals surface area contributed by atoms with E-state index in [2.05, 4.69) is 45.1 Å². The van der Waals surface area contributed by atoms with Crippen molar-refractivity contribution in [1.29, 1.82) is 0 Å². The molecule has 0 bridgehead atoms. The highest BCUT2D eigenvalue weighted by Crippen LogP contribution is 2.22. The number of benzene rings is 2. The molecule has 0 aliphatic carbocycles. The molecule has 2 aromatic rings. The highest BCUT2D eigenvalue weighted by Gasteiger charge is 2.21. The topological polar surface area (TPSA) is 20.3 Å². The molecule has 2 aromatic carbocycles. The molecule has 1 aliphatic rings. The molecular formula is C19H18BrNO. The highest BCUT2D eigenvalue weighted by molar-refractivity contribution is 9.10. The average Bonchev–Trinajstić information content (AvgIpc) is 2.54. The number of ketones is 1. The predicted molar refractivity (Wildman–Crippen MR) is 93.5 cm³/mol. The smallest absolute Gasteiger partial charge is 0.161 e. The molecule has 112 valence electrons. The normalized spacial score (nSPS) is 17.9. The number of halogens is 1. The molecule has 0 aromatic heterocycles. The van der Waals surface area contributed by atoms with Crippen molar-refractivity contribution in [3.63, 3.8) is 0 Å². The van der Waals surface area contributed by atoms with E-state index in [0.717, 1.165) is 35.2 Å².